The number of nitrogens with zero attached hydrogens (tertiary/aromatic N) is 2. The second kappa shape index (κ2) is 6.35. The first kappa shape index (κ1) is 14.8. The van der Waals surface area contributed by atoms with Crippen molar-refractivity contribution in [1.29, 1.82) is 0 Å². The summed E-state index contributed by atoms with van der Waals surface area (Å²) in [6.07, 6.45) is 3.49. The van der Waals surface area contributed by atoms with Crippen LogP contribution in [0, 0.1) is 3.57 Å². The van der Waals surface area contributed by atoms with E-state index in [1.54, 1.807) is 0 Å². The fourth-order valence-electron chi connectivity index (χ4n) is 3.10. The normalized spacial score (nSPS) is 14.0. The molecule has 0 bridgehead atoms. The van der Waals surface area contributed by atoms with E-state index in [1.165, 1.54) is 27.5 Å². The smallest absolute Gasteiger partial charge is 0.133 e. The van der Waals surface area contributed by atoms with Gasteiger partial charge in [0.2, 0.25) is 0 Å². The first-order chi connectivity index (χ1) is 11.3. The van der Waals surface area contributed by atoms with Crippen molar-refractivity contribution < 1.29 is 0 Å². The molecule has 1 aliphatic heterocycles. The van der Waals surface area contributed by atoms with Crippen LogP contribution in [0.2, 0.25) is 0 Å². The lowest BCUT2D eigenvalue weighted by Crippen LogP contribution is -2.07. The Balaban J connectivity index is 1.89. The van der Waals surface area contributed by atoms with Gasteiger partial charge in [-0.15, -0.1) is 0 Å². The zero-order valence-electron chi connectivity index (χ0n) is 12.8. The summed E-state index contributed by atoms with van der Waals surface area (Å²) in [5.41, 5.74) is 4.75. The zero-order valence-corrected chi connectivity index (χ0v) is 15.0. The second-order valence-corrected chi connectivity index (χ2v) is 7.06. The Kier molecular flexibility index (Phi) is 4.08. The molecule has 1 aliphatic rings. The molecule has 3 aromatic rings. The number of fused-ring (bicyclic) bond motifs is 1. The van der Waals surface area contributed by atoms with E-state index >= 15 is 0 Å². The van der Waals surface area contributed by atoms with Crippen LogP contribution in [0.3, 0.4) is 0 Å². The number of anilines is 1. The predicted octanol–water partition coefficient (Wildman–Crippen LogP) is 4.89. The van der Waals surface area contributed by atoms with Gasteiger partial charge in [-0.1, -0.05) is 30.3 Å². The van der Waals surface area contributed by atoms with E-state index in [1.807, 2.05) is 0 Å². The highest BCUT2D eigenvalue weighted by Crippen LogP contribution is 2.33. The largest absolute Gasteiger partial charge is 0.370 e. The van der Waals surface area contributed by atoms with Gasteiger partial charge in [0.05, 0.1) is 11.4 Å². The topological polar surface area (TPSA) is 29.9 Å². The lowest BCUT2D eigenvalue weighted by molar-refractivity contribution is 0.780. The van der Waals surface area contributed by atoms with Gasteiger partial charge in [0.25, 0.3) is 0 Å². The van der Waals surface area contributed by atoms with Gasteiger partial charge in [0, 0.05) is 21.2 Å². The number of nitrogens with one attached hydrogen (secondary N) is 1. The van der Waals surface area contributed by atoms with Crippen molar-refractivity contribution in [2.24, 2.45) is 0 Å². The third kappa shape index (κ3) is 2.87. The monoisotopic (exact) mass is 415 g/mol. The molecule has 2 aromatic carbocycles. The van der Waals surface area contributed by atoms with Crippen molar-refractivity contribution in [2.45, 2.75) is 19.3 Å². The fourth-order valence-corrected chi connectivity index (χ4v) is 3.46. The van der Waals surface area contributed by atoms with Gasteiger partial charge in [-0.25, -0.2) is 4.68 Å². The van der Waals surface area contributed by atoms with Gasteiger partial charge in [-0.2, -0.15) is 5.10 Å². The lowest BCUT2D eigenvalue weighted by atomic mass is 10.0. The molecule has 4 heteroatoms. The molecule has 1 N–H and O–H groups in total. The highest BCUT2D eigenvalue weighted by atomic mass is 127. The number of aromatic nitrogens is 2. The van der Waals surface area contributed by atoms with E-state index in [-0.39, 0.29) is 0 Å². The van der Waals surface area contributed by atoms with Crippen molar-refractivity contribution in [2.75, 3.05) is 11.9 Å². The maximum absolute atomic E-state index is 4.96. The van der Waals surface area contributed by atoms with Crippen LogP contribution in [0.15, 0.2) is 54.6 Å². The number of hydrogen-bond acceptors (Lipinski definition) is 2. The third-order valence-electron chi connectivity index (χ3n) is 4.25. The van der Waals surface area contributed by atoms with Crippen LogP contribution in [0.25, 0.3) is 16.9 Å². The fraction of sp³-hybridized carbons (Fsp3) is 0.211. The van der Waals surface area contributed by atoms with E-state index in [9.17, 15) is 0 Å². The minimum atomic E-state index is 1.01. The summed E-state index contributed by atoms with van der Waals surface area (Å²) < 4.78 is 3.31. The summed E-state index contributed by atoms with van der Waals surface area (Å²) in [6.45, 7) is 1.01. The van der Waals surface area contributed by atoms with E-state index in [0.717, 1.165) is 30.2 Å². The molecule has 2 heterocycles. The Bertz CT molecular complexity index is 807. The Morgan fingerprint density at radius 3 is 2.52 bits per heavy atom. The van der Waals surface area contributed by atoms with Gasteiger partial charge >= 0.3 is 0 Å². The van der Waals surface area contributed by atoms with Crippen LogP contribution in [-0.2, 0) is 6.42 Å². The Morgan fingerprint density at radius 2 is 1.74 bits per heavy atom. The average Bonchev–Trinajstić information content (AvgIpc) is 2.78. The SMILES string of the molecule is Ic1ccc(-n2nc(-c3ccccc3)c3c2NCCCC3)cc1. The molecule has 3 nitrogen and oxygen atoms in total. The average molecular weight is 415 g/mol. The van der Waals surface area contributed by atoms with E-state index in [0.29, 0.717) is 0 Å². The van der Waals surface area contributed by atoms with Crippen molar-refractivity contribution in [3.05, 3.63) is 63.7 Å². The summed E-state index contributed by atoms with van der Waals surface area (Å²) in [6, 6.07) is 19.0. The highest BCUT2D eigenvalue weighted by Gasteiger charge is 2.21. The number of hydrogen-bond donors (Lipinski definition) is 1. The molecule has 0 saturated carbocycles. The predicted molar refractivity (Wildman–Crippen MR) is 103 cm³/mol. The Hall–Kier alpha value is -1.82. The van der Waals surface area contributed by atoms with Crippen molar-refractivity contribution in [3.63, 3.8) is 0 Å². The van der Waals surface area contributed by atoms with Crippen molar-refractivity contribution >= 4 is 28.4 Å². The zero-order chi connectivity index (χ0) is 15.6. The molecule has 0 saturated heterocycles. The third-order valence-corrected chi connectivity index (χ3v) is 4.97. The Labute approximate surface area is 149 Å². The van der Waals surface area contributed by atoms with Crippen LogP contribution < -0.4 is 5.32 Å². The summed E-state index contributed by atoms with van der Waals surface area (Å²) in [7, 11) is 0. The van der Waals surface area contributed by atoms with Gasteiger partial charge in [-0.3, -0.25) is 0 Å². The second-order valence-electron chi connectivity index (χ2n) is 5.81. The first-order valence-corrected chi connectivity index (χ1v) is 9.08. The van der Waals surface area contributed by atoms with E-state index in [4.69, 9.17) is 5.10 Å². The molecular formula is C19H18IN3. The summed E-state index contributed by atoms with van der Waals surface area (Å²) in [5, 5.41) is 8.55. The van der Waals surface area contributed by atoms with Crippen LogP contribution in [-0.4, -0.2) is 16.3 Å². The summed E-state index contributed by atoms with van der Waals surface area (Å²) in [5.74, 6) is 1.16. The van der Waals surface area contributed by atoms with Crippen LogP contribution in [0.1, 0.15) is 18.4 Å². The molecule has 0 radical (unpaired) electrons. The number of halogens is 1. The summed E-state index contributed by atoms with van der Waals surface area (Å²) in [4.78, 5) is 0. The standard InChI is InChI=1S/C19H18IN3/c20-15-9-11-16(12-10-15)23-19-17(8-4-5-13-21-19)18(22-23)14-6-2-1-3-7-14/h1-3,6-7,9-12,21H,4-5,8,13H2. The quantitative estimate of drug-likeness (QED) is 0.604. The maximum Gasteiger partial charge on any atom is 0.133 e. The highest BCUT2D eigenvalue weighted by molar-refractivity contribution is 14.1. The van der Waals surface area contributed by atoms with Crippen molar-refractivity contribution in [1.82, 2.24) is 9.78 Å². The minimum Gasteiger partial charge on any atom is -0.370 e. The van der Waals surface area contributed by atoms with Gasteiger partial charge in [0.15, 0.2) is 0 Å². The lowest BCUT2D eigenvalue weighted by Gasteiger charge is -2.09. The molecule has 116 valence electrons. The Morgan fingerprint density at radius 1 is 0.957 bits per heavy atom. The maximum atomic E-state index is 4.96. The molecule has 0 atom stereocenters. The van der Waals surface area contributed by atoms with Crippen LogP contribution in [0.5, 0.6) is 0 Å². The number of rotatable bonds is 2. The first-order valence-electron chi connectivity index (χ1n) is 8.00. The number of benzene rings is 2. The van der Waals surface area contributed by atoms with E-state index in [2.05, 4.69) is 87.2 Å². The van der Waals surface area contributed by atoms with Crippen LogP contribution >= 0.6 is 22.6 Å². The van der Waals surface area contributed by atoms with Crippen molar-refractivity contribution in [3.8, 4) is 16.9 Å². The molecule has 4 rings (SSSR count). The molecular weight excluding hydrogens is 397 g/mol. The minimum absolute atomic E-state index is 1.01. The van der Waals surface area contributed by atoms with Gasteiger partial charge < -0.3 is 5.32 Å². The van der Waals surface area contributed by atoms with Gasteiger partial charge in [0.1, 0.15) is 5.82 Å². The summed E-state index contributed by atoms with van der Waals surface area (Å²) >= 11 is 2.33. The van der Waals surface area contributed by atoms with Crippen LogP contribution in [0.4, 0.5) is 5.82 Å². The molecule has 23 heavy (non-hydrogen) atoms. The van der Waals surface area contributed by atoms with Gasteiger partial charge in [-0.05, 0) is 66.1 Å². The molecule has 0 aliphatic carbocycles. The molecule has 0 amide bonds. The molecule has 0 unspecified atom stereocenters. The molecule has 1 aromatic heterocycles. The molecule has 0 spiro atoms. The van der Waals surface area contributed by atoms with E-state index < -0.39 is 0 Å². The molecule has 0 fully saturated rings.